The molecule has 2 rings (SSSR count). The molecule has 0 radical (unpaired) electrons. The maximum Gasteiger partial charge on any atom is 0.337 e. The summed E-state index contributed by atoms with van der Waals surface area (Å²) in [6.07, 6.45) is 1.79. The molecule has 130 valence electrons. The average molecular weight is 355 g/mol. The van der Waals surface area contributed by atoms with Gasteiger partial charge in [0.2, 0.25) is 0 Å². The van der Waals surface area contributed by atoms with Gasteiger partial charge in [-0.25, -0.2) is 4.79 Å². The lowest BCUT2D eigenvalue weighted by Crippen LogP contribution is -2.24. The van der Waals surface area contributed by atoms with E-state index in [2.05, 4.69) is 32.7 Å². The first-order valence-corrected chi connectivity index (χ1v) is 8.32. The lowest BCUT2D eigenvalue weighted by Gasteiger charge is -2.08. The fourth-order valence-electron chi connectivity index (χ4n) is 2.14. The van der Waals surface area contributed by atoms with Gasteiger partial charge < -0.3 is 10.1 Å². The van der Waals surface area contributed by atoms with E-state index in [1.54, 1.807) is 24.3 Å². The molecule has 5 nitrogen and oxygen atoms in total. The predicted molar refractivity (Wildman–Crippen MR) is 105 cm³/mol. The number of methoxy groups -OCH3 is 1. The molecule has 0 fully saturated rings. The van der Waals surface area contributed by atoms with Crippen LogP contribution in [0.2, 0.25) is 0 Å². The smallest absolute Gasteiger partial charge is 0.337 e. The lowest BCUT2D eigenvalue weighted by atomic mass is 10.1. The molecule has 0 aliphatic heterocycles. The van der Waals surface area contributed by atoms with Crippen LogP contribution in [0.4, 0.5) is 5.69 Å². The number of aryl methyl sites for hydroxylation is 1. The SMILES string of the molecule is COC(=O)c1ccc(NC(=S)N/N=C(\C)CCc2ccccc2)cc1. The summed E-state index contributed by atoms with van der Waals surface area (Å²) in [4.78, 5) is 11.4. The Morgan fingerprint density at radius 1 is 1.12 bits per heavy atom. The quantitative estimate of drug-likeness (QED) is 0.357. The molecule has 6 heteroatoms. The zero-order valence-corrected chi connectivity index (χ0v) is 15.1. The second-order valence-electron chi connectivity index (χ2n) is 5.47. The summed E-state index contributed by atoms with van der Waals surface area (Å²) in [5.41, 5.74) is 6.33. The van der Waals surface area contributed by atoms with Crippen LogP contribution < -0.4 is 10.7 Å². The monoisotopic (exact) mass is 355 g/mol. The molecule has 0 bridgehead atoms. The molecule has 0 unspecified atom stereocenters. The first-order chi connectivity index (χ1) is 12.1. The molecule has 0 aliphatic carbocycles. The number of esters is 1. The Bertz CT molecular complexity index is 743. The predicted octanol–water partition coefficient (Wildman–Crippen LogP) is 3.77. The molecule has 2 aromatic carbocycles. The summed E-state index contributed by atoms with van der Waals surface area (Å²) in [6, 6.07) is 17.1. The Morgan fingerprint density at radius 3 is 2.44 bits per heavy atom. The Kier molecular flexibility index (Phi) is 7.10. The Morgan fingerprint density at radius 2 is 1.80 bits per heavy atom. The second-order valence-corrected chi connectivity index (χ2v) is 5.88. The van der Waals surface area contributed by atoms with Gasteiger partial charge in [0.1, 0.15) is 0 Å². The number of carbonyl (C=O) groups is 1. The first-order valence-electron chi connectivity index (χ1n) is 7.91. The van der Waals surface area contributed by atoms with Gasteiger partial charge in [0.25, 0.3) is 0 Å². The number of hydrogen-bond acceptors (Lipinski definition) is 4. The molecule has 25 heavy (non-hydrogen) atoms. The fraction of sp³-hybridized carbons (Fsp3) is 0.211. The average Bonchev–Trinajstić information content (AvgIpc) is 2.65. The van der Waals surface area contributed by atoms with Crippen molar-refractivity contribution in [3.8, 4) is 0 Å². The summed E-state index contributed by atoms with van der Waals surface area (Å²) in [7, 11) is 1.35. The molecule has 0 atom stereocenters. The number of benzene rings is 2. The van der Waals surface area contributed by atoms with Crippen molar-refractivity contribution < 1.29 is 9.53 Å². The minimum Gasteiger partial charge on any atom is -0.465 e. The zero-order valence-electron chi connectivity index (χ0n) is 14.3. The number of rotatable bonds is 6. The number of hydrogen-bond donors (Lipinski definition) is 2. The van der Waals surface area contributed by atoms with Crippen LogP contribution in [-0.4, -0.2) is 23.9 Å². The van der Waals surface area contributed by atoms with Gasteiger partial charge in [-0.3, -0.25) is 5.43 Å². The van der Waals surface area contributed by atoms with Crippen LogP contribution in [0, 0.1) is 0 Å². The number of hydrazone groups is 1. The van der Waals surface area contributed by atoms with Crippen LogP contribution in [0.25, 0.3) is 0 Å². The Balaban J connectivity index is 1.80. The zero-order chi connectivity index (χ0) is 18.1. The number of nitrogens with one attached hydrogen (secondary N) is 2. The number of ether oxygens (including phenoxy) is 1. The van der Waals surface area contributed by atoms with Crippen molar-refractivity contribution in [1.29, 1.82) is 0 Å². The van der Waals surface area contributed by atoms with E-state index < -0.39 is 0 Å². The number of carbonyl (C=O) groups excluding carboxylic acids is 1. The van der Waals surface area contributed by atoms with Gasteiger partial charge in [0.15, 0.2) is 5.11 Å². The van der Waals surface area contributed by atoms with E-state index in [-0.39, 0.29) is 5.97 Å². The van der Waals surface area contributed by atoms with Gasteiger partial charge >= 0.3 is 5.97 Å². The van der Waals surface area contributed by atoms with E-state index in [0.717, 1.165) is 24.2 Å². The van der Waals surface area contributed by atoms with E-state index in [0.29, 0.717) is 10.7 Å². The van der Waals surface area contributed by atoms with Crippen molar-refractivity contribution >= 4 is 34.7 Å². The molecular weight excluding hydrogens is 334 g/mol. The minimum absolute atomic E-state index is 0.370. The topological polar surface area (TPSA) is 62.7 Å². The van der Waals surface area contributed by atoms with Crippen LogP contribution in [0.5, 0.6) is 0 Å². The molecule has 0 aromatic heterocycles. The third-order valence-corrected chi connectivity index (χ3v) is 3.72. The highest BCUT2D eigenvalue weighted by atomic mass is 32.1. The largest absolute Gasteiger partial charge is 0.465 e. The van der Waals surface area contributed by atoms with Crippen molar-refractivity contribution in [3.05, 3.63) is 65.7 Å². The standard InChI is InChI=1S/C19H21N3O2S/c1-14(8-9-15-6-4-3-5-7-15)21-22-19(25)20-17-12-10-16(11-13-17)18(23)24-2/h3-7,10-13H,8-9H2,1-2H3,(H2,20,22,25)/b21-14+. The Hall–Kier alpha value is -2.73. The Labute approximate surface area is 153 Å². The third-order valence-electron chi connectivity index (χ3n) is 3.53. The number of thiocarbonyl (C=S) groups is 1. The van der Waals surface area contributed by atoms with Crippen LogP contribution in [0.15, 0.2) is 59.7 Å². The fourth-order valence-corrected chi connectivity index (χ4v) is 2.30. The van der Waals surface area contributed by atoms with E-state index >= 15 is 0 Å². The maximum absolute atomic E-state index is 11.4. The van der Waals surface area contributed by atoms with Crippen LogP contribution >= 0.6 is 12.2 Å². The number of anilines is 1. The molecule has 0 spiro atoms. The van der Waals surface area contributed by atoms with Crippen LogP contribution in [-0.2, 0) is 11.2 Å². The van der Waals surface area contributed by atoms with Crippen molar-refractivity contribution in [2.45, 2.75) is 19.8 Å². The van der Waals surface area contributed by atoms with Crippen molar-refractivity contribution in [2.24, 2.45) is 5.10 Å². The summed E-state index contributed by atoms with van der Waals surface area (Å²) in [5, 5.41) is 7.69. The van der Waals surface area contributed by atoms with Crippen LogP contribution in [0.1, 0.15) is 29.3 Å². The van der Waals surface area contributed by atoms with Gasteiger partial charge in [0.05, 0.1) is 12.7 Å². The van der Waals surface area contributed by atoms with Gasteiger partial charge in [-0.2, -0.15) is 5.10 Å². The summed E-state index contributed by atoms with van der Waals surface area (Å²) >= 11 is 5.22. The van der Waals surface area contributed by atoms with Gasteiger partial charge in [-0.05, 0) is 61.8 Å². The van der Waals surface area contributed by atoms with E-state index in [4.69, 9.17) is 12.2 Å². The van der Waals surface area contributed by atoms with Gasteiger partial charge in [-0.15, -0.1) is 0 Å². The maximum atomic E-state index is 11.4. The van der Waals surface area contributed by atoms with Gasteiger partial charge in [0, 0.05) is 11.4 Å². The van der Waals surface area contributed by atoms with Crippen molar-refractivity contribution in [3.63, 3.8) is 0 Å². The van der Waals surface area contributed by atoms with Crippen LogP contribution in [0.3, 0.4) is 0 Å². The minimum atomic E-state index is -0.370. The summed E-state index contributed by atoms with van der Waals surface area (Å²) in [5.74, 6) is -0.370. The summed E-state index contributed by atoms with van der Waals surface area (Å²) < 4.78 is 4.66. The highest BCUT2D eigenvalue weighted by Gasteiger charge is 2.04. The van der Waals surface area contributed by atoms with E-state index in [1.807, 2.05) is 25.1 Å². The molecule has 2 N–H and O–H groups in total. The van der Waals surface area contributed by atoms with E-state index in [9.17, 15) is 4.79 Å². The first kappa shape index (κ1) is 18.6. The van der Waals surface area contributed by atoms with Crippen molar-refractivity contribution in [2.75, 3.05) is 12.4 Å². The van der Waals surface area contributed by atoms with Crippen molar-refractivity contribution in [1.82, 2.24) is 5.43 Å². The molecule has 0 amide bonds. The highest BCUT2D eigenvalue weighted by molar-refractivity contribution is 7.80. The molecule has 0 heterocycles. The molecule has 0 aliphatic rings. The third kappa shape index (κ3) is 6.35. The van der Waals surface area contributed by atoms with E-state index in [1.165, 1.54) is 12.7 Å². The lowest BCUT2D eigenvalue weighted by molar-refractivity contribution is 0.0601. The molecule has 2 aromatic rings. The normalized spacial score (nSPS) is 10.9. The number of nitrogens with zero attached hydrogens (tertiary/aromatic N) is 1. The molecular formula is C19H21N3O2S. The second kappa shape index (κ2) is 9.54. The molecule has 0 saturated heterocycles. The van der Waals surface area contributed by atoms with Gasteiger partial charge in [-0.1, -0.05) is 30.3 Å². The summed E-state index contributed by atoms with van der Waals surface area (Å²) in [6.45, 7) is 1.96. The molecule has 0 saturated carbocycles. The highest BCUT2D eigenvalue weighted by Crippen LogP contribution is 2.10.